The van der Waals surface area contributed by atoms with Gasteiger partial charge in [0.25, 0.3) is 0 Å². The molecule has 3 aromatic rings. The SMILES string of the molecule is CC(C)(C)c1[nH]ncc1CNCc1nnc2ccccn12. The molecule has 3 heterocycles. The predicted molar refractivity (Wildman–Crippen MR) is 80.8 cm³/mol. The van der Waals surface area contributed by atoms with Crippen LogP contribution in [0.3, 0.4) is 0 Å². The van der Waals surface area contributed by atoms with Crippen molar-refractivity contribution in [1.29, 1.82) is 0 Å². The minimum Gasteiger partial charge on any atom is -0.306 e. The Morgan fingerprint density at radius 3 is 2.86 bits per heavy atom. The summed E-state index contributed by atoms with van der Waals surface area (Å²) in [6.07, 6.45) is 3.86. The van der Waals surface area contributed by atoms with Crippen LogP contribution in [0.1, 0.15) is 37.9 Å². The molecule has 0 aliphatic heterocycles. The molecule has 0 radical (unpaired) electrons. The average molecular weight is 284 g/mol. The van der Waals surface area contributed by atoms with Crippen LogP contribution in [-0.2, 0) is 18.5 Å². The number of H-pyrrole nitrogens is 1. The molecule has 0 aliphatic carbocycles. The Kier molecular flexibility index (Phi) is 3.47. The maximum Gasteiger partial charge on any atom is 0.160 e. The number of fused-ring (bicyclic) bond motifs is 1. The van der Waals surface area contributed by atoms with Gasteiger partial charge < -0.3 is 5.32 Å². The molecule has 0 spiro atoms. The molecular formula is C15H20N6. The van der Waals surface area contributed by atoms with E-state index < -0.39 is 0 Å². The highest BCUT2D eigenvalue weighted by Crippen LogP contribution is 2.23. The molecule has 0 fully saturated rings. The number of pyridine rings is 1. The minimum absolute atomic E-state index is 0.0646. The van der Waals surface area contributed by atoms with Gasteiger partial charge in [0.05, 0.1) is 12.7 Å². The summed E-state index contributed by atoms with van der Waals surface area (Å²) in [5, 5.41) is 19.0. The molecule has 0 bridgehead atoms. The lowest BCUT2D eigenvalue weighted by Gasteiger charge is -2.18. The van der Waals surface area contributed by atoms with Crippen molar-refractivity contribution in [2.75, 3.05) is 0 Å². The van der Waals surface area contributed by atoms with Gasteiger partial charge in [-0.3, -0.25) is 9.50 Å². The molecule has 3 aromatic heterocycles. The van der Waals surface area contributed by atoms with E-state index in [1.165, 1.54) is 11.3 Å². The van der Waals surface area contributed by atoms with Gasteiger partial charge in [-0.05, 0) is 12.1 Å². The molecule has 21 heavy (non-hydrogen) atoms. The zero-order valence-corrected chi connectivity index (χ0v) is 12.6. The molecule has 6 nitrogen and oxygen atoms in total. The number of nitrogens with one attached hydrogen (secondary N) is 2. The molecule has 110 valence electrons. The summed E-state index contributed by atoms with van der Waals surface area (Å²) < 4.78 is 1.99. The zero-order chi connectivity index (χ0) is 14.9. The lowest BCUT2D eigenvalue weighted by Crippen LogP contribution is -2.19. The second kappa shape index (κ2) is 5.29. The number of aromatic nitrogens is 5. The van der Waals surface area contributed by atoms with Crippen LogP contribution in [-0.4, -0.2) is 24.8 Å². The molecule has 0 saturated carbocycles. The molecule has 0 amide bonds. The van der Waals surface area contributed by atoms with Crippen LogP contribution in [0.25, 0.3) is 5.65 Å². The second-order valence-corrected chi connectivity index (χ2v) is 6.17. The fourth-order valence-corrected chi connectivity index (χ4v) is 2.41. The molecule has 3 rings (SSSR count). The first-order chi connectivity index (χ1) is 10.1. The van der Waals surface area contributed by atoms with Crippen LogP contribution in [0.5, 0.6) is 0 Å². The highest BCUT2D eigenvalue weighted by Gasteiger charge is 2.19. The quantitative estimate of drug-likeness (QED) is 0.769. The number of aromatic amines is 1. The van der Waals surface area contributed by atoms with E-state index in [1.54, 1.807) is 0 Å². The zero-order valence-electron chi connectivity index (χ0n) is 12.6. The number of hydrogen-bond acceptors (Lipinski definition) is 4. The van der Waals surface area contributed by atoms with Crippen molar-refractivity contribution >= 4 is 5.65 Å². The molecule has 6 heteroatoms. The Hall–Kier alpha value is -2.21. The van der Waals surface area contributed by atoms with Gasteiger partial charge in [0.15, 0.2) is 11.5 Å². The third-order valence-corrected chi connectivity index (χ3v) is 3.45. The third-order valence-electron chi connectivity index (χ3n) is 3.45. The summed E-state index contributed by atoms with van der Waals surface area (Å²) in [5.41, 5.74) is 3.29. The highest BCUT2D eigenvalue weighted by atomic mass is 15.3. The summed E-state index contributed by atoms with van der Waals surface area (Å²) in [6.45, 7) is 7.95. The second-order valence-electron chi connectivity index (χ2n) is 6.17. The van der Waals surface area contributed by atoms with Gasteiger partial charge in [0.1, 0.15) is 0 Å². The minimum atomic E-state index is 0.0646. The van der Waals surface area contributed by atoms with Crippen molar-refractivity contribution in [2.45, 2.75) is 39.3 Å². The van der Waals surface area contributed by atoms with E-state index in [0.717, 1.165) is 18.0 Å². The first kappa shape index (κ1) is 13.8. The molecular weight excluding hydrogens is 264 g/mol. The van der Waals surface area contributed by atoms with Crippen LogP contribution in [0.4, 0.5) is 0 Å². The summed E-state index contributed by atoms with van der Waals surface area (Å²) in [4.78, 5) is 0. The van der Waals surface area contributed by atoms with Crippen molar-refractivity contribution < 1.29 is 0 Å². The summed E-state index contributed by atoms with van der Waals surface area (Å²) >= 11 is 0. The summed E-state index contributed by atoms with van der Waals surface area (Å²) in [7, 11) is 0. The normalized spacial score (nSPS) is 12.1. The Morgan fingerprint density at radius 1 is 1.19 bits per heavy atom. The van der Waals surface area contributed by atoms with E-state index >= 15 is 0 Å². The van der Waals surface area contributed by atoms with Crippen LogP contribution in [0.2, 0.25) is 0 Å². The molecule has 0 aliphatic rings. The van der Waals surface area contributed by atoms with Gasteiger partial charge >= 0.3 is 0 Å². The molecule has 0 atom stereocenters. The van der Waals surface area contributed by atoms with Crippen LogP contribution < -0.4 is 5.32 Å². The lowest BCUT2D eigenvalue weighted by molar-refractivity contribution is 0.552. The third kappa shape index (κ3) is 2.80. The maximum absolute atomic E-state index is 4.21. The van der Waals surface area contributed by atoms with Gasteiger partial charge in [-0.25, -0.2) is 0 Å². The number of nitrogens with zero attached hydrogens (tertiary/aromatic N) is 4. The van der Waals surface area contributed by atoms with Crippen LogP contribution in [0, 0.1) is 0 Å². The molecule has 0 saturated heterocycles. The van der Waals surface area contributed by atoms with E-state index in [1.807, 2.05) is 35.0 Å². The van der Waals surface area contributed by atoms with E-state index in [0.29, 0.717) is 6.54 Å². The van der Waals surface area contributed by atoms with Crippen LogP contribution in [0.15, 0.2) is 30.6 Å². The van der Waals surface area contributed by atoms with Gasteiger partial charge in [-0.15, -0.1) is 10.2 Å². The van der Waals surface area contributed by atoms with Gasteiger partial charge in [0, 0.05) is 29.4 Å². The summed E-state index contributed by atoms with van der Waals surface area (Å²) in [5.74, 6) is 0.909. The Morgan fingerprint density at radius 2 is 2.05 bits per heavy atom. The van der Waals surface area contributed by atoms with E-state index in [-0.39, 0.29) is 5.41 Å². The number of rotatable bonds is 4. The van der Waals surface area contributed by atoms with Crippen LogP contribution >= 0.6 is 0 Å². The van der Waals surface area contributed by atoms with Crippen molar-refractivity contribution in [3.8, 4) is 0 Å². The van der Waals surface area contributed by atoms with Crippen molar-refractivity contribution in [1.82, 2.24) is 30.1 Å². The first-order valence-electron chi connectivity index (χ1n) is 7.08. The Balaban J connectivity index is 1.68. The van der Waals surface area contributed by atoms with Crippen molar-refractivity contribution in [2.24, 2.45) is 0 Å². The maximum atomic E-state index is 4.21. The monoisotopic (exact) mass is 284 g/mol. The highest BCUT2D eigenvalue weighted by molar-refractivity contribution is 5.37. The number of hydrogen-bond donors (Lipinski definition) is 2. The van der Waals surface area contributed by atoms with Gasteiger partial charge in [-0.2, -0.15) is 5.10 Å². The average Bonchev–Trinajstić information content (AvgIpc) is 3.05. The largest absolute Gasteiger partial charge is 0.306 e. The first-order valence-corrected chi connectivity index (χ1v) is 7.08. The van der Waals surface area contributed by atoms with E-state index in [2.05, 4.69) is 46.5 Å². The fraction of sp³-hybridized carbons (Fsp3) is 0.400. The Labute approximate surface area is 123 Å². The lowest BCUT2D eigenvalue weighted by atomic mass is 9.89. The van der Waals surface area contributed by atoms with E-state index in [4.69, 9.17) is 0 Å². The van der Waals surface area contributed by atoms with Crippen molar-refractivity contribution in [3.63, 3.8) is 0 Å². The summed E-state index contributed by atoms with van der Waals surface area (Å²) in [6, 6.07) is 5.89. The topological polar surface area (TPSA) is 70.9 Å². The Bertz CT molecular complexity index is 734. The van der Waals surface area contributed by atoms with E-state index in [9.17, 15) is 0 Å². The molecule has 0 unspecified atom stereocenters. The van der Waals surface area contributed by atoms with Crippen molar-refractivity contribution in [3.05, 3.63) is 47.7 Å². The van der Waals surface area contributed by atoms with Gasteiger partial charge in [0.2, 0.25) is 0 Å². The predicted octanol–water partition coefficient (Wildman–Crippen LogP) is 2.04. The fourth-order valence-electron chi connectivity index (χ4n) is 2.41. The molecule has 0 aromatic carbocycles. The smallest absolute Gasteiger partial charge is 0.160 e. The molecule has 2 N–H and O–H groups in total. The van der Waals surface area contributed by atoms with Gasteiger partial charge in [-0.1, -0.05) is 26.8 Å². The standard InChI is InChI=1S/C15H20N6/c1-15(2,3)14-11(9-17-20-14)8-16-10-13-19-18-12-6-4-5-7-21(12)13/h4-7,9,16H,8,10H2,1-3H3,(H,17,20).